The normalized spacial score (nSPS) is 30.6. The Morgan fingerprint density at radius 3 is 2.22 bits per heavy atom. The molecule has 1 N–H and O–H groups in total. The summed E-state index contributed by atoms with van der Waals surface area (Å²) >= 11 is 0. The molecule has 1 fully saturated rings. The largest absolute Gasteiger partial charge is 0.469 e. The second kappa shape index (κ2) is 6.50. The van der Waals surface area contributed by atoms with Crippen molar-refractivity contribution in [2.45, 2.75) is 24.9 Å². The SMILES string of the molecule is COC(=O)[C@H]1C(=O)C[C@](C)(O)[C@@H](C(=O)OC)[C@H]1c1ccccc1. The molecule has 1 aromatic carbocycles. The van der Waals surface area contributed by atoms with Gasteiger partial charge in [0.05, 0.1) is 25.7 Å². The zero-order chi connectivity index (χ0) is 17.2. The summed E-state index contributed by atoms with van der Waals surface area (Å²) in [5.74, 6) is -4.86. The lowest BCUT2D eigenvalue weighted by Crippen LogP contribution is -2.55. The van der Waals surface area contributed by atoms with Gasteiger partial charge in [-0.3, -0.25) is 14.4 Å². The molecule has 2 rings (SSSR count). The zero-order valence-corrected chi connectivity index (χ0v) is 13.3. The summed E-state index contributed by atoms with van der Waals surface area (Å²) in [5.41, 5.74) is -0.999. The average Bonchev–Trinajstić information content (AvgIpc) is 2.52. The molecule has 0 bridgehead atoms. The number of benzene rings is 1. The topological polar surface area (TPSA) is 89.9 Å². The molecule has 0 saturated heterocycles. The number of rotatable bonds is 3. The van der Waals surface area contributed by atoms with Crippen molar-refractivity contribution in [3.8, 4) is 0 Å². The Morgan fingerprint density at radius 1 is 1.13 bits per heavy atom. The number of carbonyl (C=O) groups excluding carboxylic acids is 3. The van der Waals surface area contributed by atoms with Crippen molar-refractivity contribution in [3.05, 3.63) is 35.9 Å². The number of hydrogen-bond acceptors (Lipinski definition) is 6. The molecule has 6 heteroatoms. The maximum Gasteiger partial charge on any atom is 0.316 e. The van der Waals surface area contributed by atoms with Crippen LogP contribution in [0, 0.1) is 11.8 Å². The minimum Gasteiger partial charge on any atom is -0.469 e. The Balaban J connectivity index is 2.61. The van der Waals surface area contributed by atoms with E-state index in [0.717, 1.165) is 0 Å². The first-order valence-corrected chi connectivity index (χ1v) is 7.29. The Morgan fingerprint density at radius 2 is 1.70 bits per heavy atom. The molecule has 0 heterocycles. The highest BCUT2D eigenvalue weighted by atomic mass is 16.5. The number of ether oxygens (including phenoxy) is 2. The van der Waals surface area contributed by atoms with E-state index in [4.69, 9.17) is 9.47 Å². The summed E-state index contributed by atoms with van der Waals surface area (Å²) < 4.78 is 9.56. The van der Waals surface area contributed by atoms with Crippen LogP contribution >= 0.6 is 0 Å². The summed E-state index contributed by atoms with van der Waals surface area (Å²) in [4.78, 5) is 36.9. The van der Waals surface area contributed by atoms with Gasteiger partial charge in [0.25, 0.3) is 0 Å². The molecule has 1 saturated carbocycles. The minimum atomic E-state index is -1.60. The van der Waals surface area contributed by atoms with E-state index >= 15 is 0 Å². The second-order valence-corrected chi connectivity index (χ2v) is 5.94. The van der Waals surface area contributed by atoms with Gasteiger partial charge in [-0.05, 0) is 12.5 Å². The van der Waals surface area contributed by atoms with Gasteiger partial charge in [0.15, 0.2) is 5.78 Å². The molecule has 23 heavy (non-hydrogen) atoms. The Labute approximate surface area is 134 Å². The van der Waals surface area contributed by atoms with Crippen LogP contribution < -0.4 is 0 Å². The van der Waals surface area contributed by atoms with Gasteiger partial charge in [0.1, 0.15) is 5.92 Å². The smallest absolute Gasteiger partial charge is 0.316 e. The predicted octanol–water partition coefficient (Wildman–Crippen LogP) is 1.07. The van der Waals surface area contributed by atoms with Crippen LogP contribution in [0.3, 0.4) is 0 Å². The van der Waals surface area contributed by atoms with Crippen LogP contribution in [0.25, 0.3) is 0 Å². The van der Waals surface area contributed by atoms with Crippen molar-refractivity contribution >= 4 is 17.7 Å². The summed E-state index contributed by atoms with van der Waals surface area (Å²) in [7, 11) is 2.40. The zero-order valence-electron chi connectivity index (χ0n) is 13.3. The molecular weight excluding hydrogens is 300 g/mol. The molecule has 0 spiro atoms. The summed E-state index contributed by atoms with van der Waals surface area (Å²) in [6.07, 6.45) is -0.310. The van der Waals surface area contributed by atoms with Gasteiger partial charge in [0, 0.05) is 12.3 Å². The third kappa shape index (κ3) is 3.12. The van der Waals surface area contributed by atoms with Crippen molar-refractivity contribution in [2.24, 2.45) is 11.8 Å². The number of aliphatic hydroxyl groups is 1. The molecule has 0 unspecified atom stereocenters. The summed E-state index contributed by atoms with van der Waals surface area (Å²) in [6, 6.07) is 8.70. The lowest BCUT2D eigenvalue weighted by Gasteiger charge is -2.43. The van der Waals surface area contributed by atoms with Crippen molar-refractivity contribution in [3.63, 3.8) is 0 Å². The van der Waals surface area contributed by atoms with Gasteiger partial charge >= 0.3 is 11.9 Å². The number of carbonyl (C=O) groups is 3. The van der Waals surface area contributed by atoms with E-state index in [1.165, 1.54) is 21.1 Å². The number of hydrogen-bond donors (Lipinski definition) is 1. The fraction of sp³-hybridized carbons (Fsp3) is 0.471. The quantitative estimate of drug-likeness (QED) is 0.662. The lowest BCUT2D eigenvalue weighted by atomic mass is 9.62. The van der Waals surface area contributed by atoms with Crippen molar-refractivity contribution in [1.82, 2.24) is 0 Å². The molecule has 6 nitrogen and oxygen atoms in total. The van der Waals surface area contributed by atoms with Gasteiger partial charge in [-0.2, -0.15) is 0 Å². The first kappa shape index (κ1) is 17.1. The van der Waals surface area contributed by atoms with Crippen LogP contribution in [-0.4, -0.2) is 42.6 Å². The highest BCUT2D eigenvalue weighted by Crippen LogP contribution is 2.46. The van der Waals surface area contributed by atoms with Crippen molar-refractivity contribution < 1.29 is 29.0 Å². The molecule has 0 aliphatic heterocycles. The molecule has 4 atom stereocenters. The van der Waals surface area contributed by atoms with Crippen LogP contribution in [0.4, 0.5) is 0 Å². The van der Waals surface area contributed by atoms with Crippen LogP contribution in [-0.2, 0) is 23.9 Å². The molecule has 1 aliphatic carbocycles. The maximum atomic E-state index is 12.4. The standard InChI is InChI=1S/C17H20O6/c1-17(21)9-11(18)13(15(19)22-2)12(14(17)16(20)23-3)10-7-5-4-6-8-10/h4-8,12-14,21H,9H2,1-3H3/t12-,13-,14+,17-/m0/s1. The Bertz CT molecular complexity index is 607. The Kier molecular flexibility index (Phi) is 4.85. The van der Waals surface area contributed by atoms with Crippen LogP contribution in [0.1, 0.15) is 24.8 Å². The number of methoxy groups -OCH3 is 2. The van der Waals surface area contributed by atoms with Crippen LogP contribution in [0.2, 0.25) is 0 Å². The van der Waals surface area contributed by atoms with Gasteiger partial charge in [-0.1, -0.05) is 30.3 Å². The number of Topliss-reactive ketones (excluding diaryl/α,β-unsaturated/α-hetero) is 1. The number of esters is 2. The molecule has 124 valence electrons. The third-order valence-corrected chi connectivity index (χ3v) is 4.36. The van der Waals surface area contributed by atoms with Crippen molar-refractivity contribution in [1.29, 1.82) is 0 Å². The molecule has 0 radical (unpaired) electrons. The van der Waals surface area contributed by atoms with E-state index in [1.54, 1.807) is 30.3 Å². The average molecular weight is 320 g/mol. The fourth-order valence-corrected chi connectivity index (χ4v) is 3.34. The van der Waals surface area contributed by atoms with E-state index in [1.807, 2.05) is 0 Å². The van der Waals surface area contributed by atoms with E-state index in [-0.39, 0.29) is 6.42 Å². The molecule has 0 aromatic heterocycles. The summed E-state index contributed by atoms with van der Waals surface area (Å²) in [6.45, 7) is 1.41. The van der Waals surface area contributed by atoms with Crippen molar-refractivity contribution in [2.75, 3.05) is 14.2 Å². The van der Waals surface area contributed by atoms with Crippen LogP contribution in [0.15, 0.2) is 30.3 Å². The van der Waals surface area contributed by atoms with Gasteiger partial charge in [0.2, 0.25) is 0 Å². The van der Waals surface area contributed by atoms with Crippen LogP contribution in [0.5, 0.6) is 0 Å². The molecule has 1 aliphatic rings. The van der Waals surface area contributed by atoms with E-state index in [2.05, 4.69) is 0 Å². The van der Waals surface area contributed by atoms with Gasteiger partial charge in [-0.25, -0.2) is 0 Å². The molecule has 0 amide bonds. The third-order valence-electron chi connectivity index (χ3n) is 4.36. The van der Waals surface area contributed by atoms with Gasteiger partial charge in [-0.15, -0.1) is 0 Å². The summed E-state index contributed by atoms with van der Waals surface area (Å²) in [5, 5.41) is 10.6. The second-order valence-electron chi connectivity index (χ2n) is 5.94. The monoisotopic (exact) mass is 320 g/mol. The van der Waals surface area contributed by atoms with E-state index < -0.39 is 41.1 Å². The molecule has 1 aromatic rings. The fourth-order valence-electron chi connectivity index (χ4n) is 3.34. The van der Waals surface area contributed by atoms with Gasteiger partial charge < -0.3 is 14.6 Å². The first-order valence-electron chi connectivity index (χ1n) is 7.29. The minimum absolute atomic E-state index is 0.310. The number of ketones is 1. The van der Waals surface area contributed by atoms with E-state index in [9.17, 15) is 19.5 Å². The highest BCUT2D eigenvalue weighted by Gasteiger charge is 2.56. The predicted molar refractivity (Wildman–Crippen MR) is 80.4 cm³/mol. The maximum absolute atomic E-state index is 12.4. The lowest BCUT2D eigenvalue weighted by molar-refractivity contribution is -0.170. The first-order chi connectivity index (χ1) is 10.8. The highest BCUT2D eigenvalue weighted by molar-refractivity contribution is 6.02. The Hall–Kier alpha value is -2.21. The van der Waals surface area contributed by atoms with E-state index in [0.29, 0.717) is 5.56 Å². The molecular formula is C17H20O6.